The van der Waals surface area contributed by atoms with Crippen LogP contribution in [-0.2, 0) is 4.79 Å². The van der Waals surface area contributed by atoms with E-state index in [1.54, 1.807) is 0 Å². The van der Waals surface area contributed by atoms with Gasteiger partial charge in [0.15, 0.2) is 0 Å². The first kappa shape index (κ1) is 15.7. The van der Waals surface area contributed by atoms with E-state index in [1.807, 2.05) is 13.8 Å². The quantitative estimate of drug-likeness (QED) is 0.774. The van der Waals surface area contributed by atoms with Crippen LogP contribution in [0.3, 0.4) is 0 Å². The SMILES string of the molecule is Cc1cc(C)cc(C(C)NCCNC(=O)C(C)C)c1. The van der Waals surface area contributed by atoms with Crippen LogP contribution in [0.15, 0.2) is 18.2 Å². The molecule has 2 N–H and O–H groups in total. The van der Waals surface area contributed by atoms with Gasteiger partial charge in [-0.3, -0.25) is 4.79 Å². The lowest BCUT2D eigenvalue weighted by Gasteiger charge is -2.16. The van der Waals surface area contributed by atoms with Gasteiger partial charge in [0.1, 0.15) is 0 Å². The second kappa shape index (κ2) is 7.29. The molecule has 1 aromatic carbocycles. The lowest BCUT2D eigenvalue weighted by Crippen LogP contribution is -2.35. The van der Waals surface area contributed by atoms with Gasteiger partial charge >= 0.3 is 0 Å². The molecule has 0 aromatic heterocycles. The number of aryl methyl sites for hydroxylation is 2. The molecule has 0 fully saturated rings. The number of amides is 1. The number of hydrogen-bond donors (Lipinski definition) is 2. The number of rotatable bonds is 6. The van der Waals surface area contributed by atoms with Crippen LogP contribution >= 0.6 is 0 Å². The van der Waals surface area contributed by atoms with Crippen molar-refractivity contribution in [2.45, 2.75) is 40.7 Å². The Hall–Kier alpha value is -1.35. The van der Waals surface area contributed by atoms with E-state index in [1.165, 1.54) is 16.7 Å². The second-order valence-corrected chi connectivity index (χ2v) is 5.54. The van der Waals surface area contributed by atoms with Crippen molar-refractivity contribution in [1.82, 2.24) is 10.6 Å². The van der Waals surface area contributed by atoms with Crippen molar-refractivity contribution in [3.63, 3.8) is 0 Å². The number of benzene rings is 1. The predicted octanol–water partition coefficient (Wildman–Crippen LogP) is 2.73. The van der Waals surface area contributed by atoms with Crippen LogP contribution in [0.1, 0.15) is 43.5 Å². The smallest absolute Gasteiger partial charge is 0.222 e. The Morgan fingerprint density at radius 2 is 1.63 bits per heavy atom. The summed E-state index contributed by atoms with van der Waals surface area (Å²) in [6.07, 6.45) is 0. The third-order valence-corrected chi connectivity index (χ3v) is 3.14. The van der Waals surface area contributed by atoms with Crippen LogP contribution in [0.25, 0.3) is 0 Å². The topological polar surface area (TPSA) is 41.1 Å². The van der Waals surface area contributed by atoms with Crippen molar-refractivity contribution >= 4 is 5.91 Å². The molecule has 0 aliphatic carbocycles. The predicted molar refractivity (Wildman–Crippen MR) is 80.2 cm³/mol. The largest absolute Gasteiger partial charge is 0.355 e. The van der Waals surface area contributed by atoms with Crippen LogP contribution in [-0.4, -0.2) is 19.0 Å². The van der Waals surface area contributed by atoms with E-state index in [-0.39, 0.29) is 11.8 Å². The second-order valence-electron chi connectivity index (χ2n) is 5.54. The lowest BCUT2D eigenvalue weighted by molar-refractivity contribution is -0.123. The third kappa shape index (κ3) is 5.43. The molecule has 1 atom stereocenters. The fourth-order valence-electron chi connectivity index (χ4n) is 2.06. The van der Waals surface area contributed by atoms with Crippen LogP contribution in [0, 0.1) is 19.8 Å². The summed E-state index contributed by atoms with van der Waals surface area (Å²) in [6.45, 7) is 11.7. The van der Waals surface area contributed by atoms with Gasteiger partial charge in [0.05, 0.1) is 0 Å². The van der Waals surface area contributed by atoms with Gasteiger partial charge in [-0.05, 0) is 26.3 Å². The van der Waals surface area contributed by atoms with Crippen molar-refractivity contribution in [3.05, 3.63) is 34.9 Å². The molecule has 106 valence electrons. The molecule has 0 saturated heterocycles. The van der Waals surface area contributed by atoms with E-state index in [9.17, 15) is 4.79 Å². The first-order chi connectivity index (χ1) is 8.90. The summed E-state index contributed by atoms with van der Waals surface area (Å²) in [6, 6.07) is 6.89. The van der Waals surface area contributed by atoms with Gasteiger partial charge < -0.3 is 10.6 Å². The Morgan fingerprint density at radius 3 is 2.16 bits per heavy atom. The zero-order valence-corrected chi connectivity index (χ0v) is 12.7. The highest BCUT2D eigenvalue weighted by atomic mass is 16.1. The summed E-state index contributed by atoms with van der Waals surface area (Å²) in [7, 11) is 0. The van der Waals surface area contributed by atoms with E-state index >= 15 is 0 Å². The Bertz CT molecular complexity index is 407. The van der Waals surface area contributed by atoms with Gasteiger partial charge in [-0.25, -0.2) is 0 Å². The maximum atomic E-state index is 11.4. The third-order valence-electron chi connectivity index (χ3n) is 3.14. The first-order valence-corrected chi connectivity index (χ1v) is 6.99. The first-order valence-electron chi connectivity index (χ1n) is 6.99. The van der Waals surface area contributed by atoms with E-state index in [4.69, 9.17) is 0 Å². The maximum absolute atomic E-state index is 11.4. The van der Waals surface area contributed by atoms with Crippen LogP contribution < -0.4 is 10.6 Å². The molecule has 1 rings (SSSR count). The highest BCUT2D eigenvalue weighted by Gasteiger charge is 2.07. The Morgan fingerprint density at radius 1 is 1.05 bits per heavy atom. The Kier molecular flexibility index (Phi) is 6.03. The van der Waals surface area contributed by atoms with Gasteiger partial charge in [-0.2, -0.15) is 0 Å². The molecule has 0 radical (unpaired) electrons. The molecule has 0 bridgehead atoms. The molecule has 1 aromatic rings. The number of hydrogen-bond acceptors (Lipinski definition) is 2. The molecule has 0 heterocycles. The van der Waals surface area contributed by atoms with E-state index in [0.29, 0.717) is 12.6 Å². The van der Waals surface area contributed by atoms with Gasteiger partial charge in [0.2, 0.25) is 5.91 Å². The van der Waals surface area contributed by atoms with Gasteiger partial charge in [0.25, 0.3) is 0 Å². The number of nitrogens with one attached hydrogen (secondary N) is 2. The summed E-state index contributed by atoms with van der Waals surface area (Å²) >= 11 is 0. The van der Waals surface area contributed by atoms with Gasteiger partial charge in [0, 0.05) is 25.0 Å². The van der Waals surface area contributed by atoms with Crippen molar-refractivity contribution in [1.29, 1.82) is 0 Å². The zero-order valence-electron chi connectivity index (χ0n) is 12.7. The summed E-state index contributed by atoms with van der Waals surface area (Å²) in [5.41, 5.74) is 3.88. The molecule has 3 heteroatoms. The summed E-state index contributed by atoms with van der Waals surface area (Å²) in [5, 5.41) is 6.34. The minimum absolute atomic E-state index is 0.0526. The Labute approximate surface area is 116 Å². The van der Waals surface area contributed by atoms with Crippen molar-refractivity contribution in [2.24, 2.45) is 5.92 Å². The van der Waals surface area contributed by atoms with Gasteiger partial charge in [-0.15, -0.1) is 0 Å². The zero-order chi connectivity index (χ0) is 14.4. The Balaban J connectivity index is 2.39. The normalized spacial score (nSPS) is 12.5. The maximum Gasteiger partial charge on any atom is 0.222 e. The lowest BCUT2D eigenvalue weighted by atomic mass is 10.0. The minimum Gasteiger partial charge on any atom is -0.355 e. The molecule has 3 nitrogen and oxygen atoms in total. The molecule has 0 saturated carbocycles. The monoisotopic (exact) mass is 262 g/mol. The van der Waals surface area contributed by atoms with E-state index in [2.05, 4.69) is 49.6 Å². The summed E-state index contributed by atoms with van der Waals surface area (Å²) in [5.74, 6) is 0.165. The number of carbonyl (C=O) groups excluding carboxylic acids is 1. The number of carbonyl (C=O) groups is 1. The molecule has 1 amide bonds. The fourth-order valence-corrected chi connectivity index (χ4v) is 2.06. The molecule has 0 aliphatic heterocycles. The average Bonchev–Trinajstić information content (AvgIpc) is 2.32. The highest BCUT2D eigenvalue weighted by molar-refractivity contribution is 5.77. The summed E-state index contributed by atoms with van der Waals surface area (Å²) < 4.78 is 0. The fraction of sp³-hybridized carbons (Fsp3) is 0.562. The van der Waals surface area contributed by atoms with Crippen LogP contribution in [0.2, 0.25) is 0 Å². The minimum atomic E-state index is 0.0526. The van der Waals surface area contributed by atoms with Gasteiger partial charge in [-0.1, -0.05) is 43.2 Å². The molecule has 19 heavy (non-hydrogen) atoms. The summed E-state index contributed by atoms with van der Waals surface area (Å²) in [4.78, 5) is 11.4. The van der Waals surface area contributed by atoms with Crippen molar-refractivity contribution in [2.75, 3.05) is 13.1 Å². The molecular weight excluding hydrogens is 236 g/mol. The molecule has 0 spiro atoms. The van der Waals surface area contributed by atoms with E-state index < -0.39 is 0 Å². The van der Waals surface area contributed by atoms with Crippen molar-refractivity contribution in [3.8, 4) is 0 Å². The van der Waals surface area contributed by atoms with Crippen LogP contribution in [0.4, 0.5) is 0 Å². The van der Waals surface area contributed by atoms with E-state index in [0.717, 1.165) is 6.54 Å². The molecule has 0 aliphatic rings. The molecule has 1 unspecified atom stereocenters. The average molecular weight is 262 g/mol. The standard InChI is InChI=1S/C16H26N2O/c1-11(2)16(19)18-7-6-17-14(5)15-9-12(3)8-13(4)10-15/h8-11,14,17H,6-7H2,1-5H3,(H,18,19). The van der Waals surface area contributed by atoms with Crippen molar-refractivity contribution < 1.29 is 4.79 Å². The molecular formula is C16H26N2O. The highest BCUT2D eigenvalue weighted by Crippen LogP contribution is 2.16. The van der Waals surface area contributed by atoms with Crippen LogP contribution in [0.5, 0.6) is 0 Å².